The van der Waals surface area contributed by atoms with Gasteiger partial charge in [0, 0.05) is 11.8 Å². The predicted octanol–water partition coefficient (Wildman–Crippen LogP) is 2.67. The summed E-state index contributed by atoms with van der Waals surface area (Å²) in [5.41, 5.74) is 0.441. The Labute approximate surface area is 79.0 Å². The van der Waals surface area contributed by atoms with E-state index in [0.29, 0.717) is 5.56 Å². The van der Waals surface area contributed by atoms with E-state index >= 15 is 0 Å². The fourth-order valence-corrected chi connectivity index (χ4v) is 0.829. The summed E-state index contributed by atoms with van der Waals surface area (Å²) in [6, 6.07) is 3.17. The van der Waals surface area contributed by atoms with Gasteiger partial charge in [-0.3, -0.25) is 0 Å². The minimum absolute atomic E-state index is 0.0557. The zero-order valence-electron chi connectivity index (χ0n) is 7.21. The van der Waals surface area contributed by atoms with Crippen molar-refractivity contribution in [1.29, 1.82) is 0 Å². The monoisotopic (exact) mass is 203 g/mol. The van der Waals surface area contributed by atoms with E-state index < -0.39 is 12.8 Å². The molecule has 0 fully saturated rings. The fourth-order valence-electron chi connectivity index (χ4n) is 0.829. The summed E-state index contributed by atoms with van der Waals surface area (Å²) in [5, 5.41) is 0. The van der Waals surface area contributed by atoms with E-state index in [2.05, 4.69) is 16.3 Å². The summed E-state index contributed by atoms with van der Waals surface area (Å²) in [7, 11) is 0. The molecule has 14 heavy (non-hydrogen) atoms. The van der Waals surface area contributed by atoms with Gasteiger partial charge < -0.3 is 4.74 Å². The maximum atomic E-state index is 11.8. The third kappa shape index (κ3) is 3.08. The molecule has 2 nitrogen and oxygen atoms in total. The molecule has 0 aliphatic rings. The first-order valence-corrected chi connectivity index (χ1v) is 3.80. The Bertz CT molecular complexity index is 322. The van der Waals surface area contributed by atoms with Crippen molar-refractivity contribution in [3.05, 3.63) is 30.5 Å². The third-order valence-corrected chi connectivity index (χ3v) is 1.39. The van der Waals surface area contributed by atoms with Gasteiger partial charge in [0.25, 0.3) is 0 Å². The molecule has 0 saturated carbocycles. The molecule has 0 unspecified atom stereocenters. The highest BCUT2D eigenvalue weighted by molar-refractivity contribution is 5.52. The number of halogens is 3. The third-order valence-electron chi connectivity index (χ3n) is 1.39. The highest BCUT2D eigenvalue weighted by Crippen LogP contribution is 2.20. The van der Waals surface area contributed by atoms with E-state index in [9.17, 15) is 13.2 Å². The Morgan fingerprint density at radius 1 is 1.50 bits per heavy atom. The van der Waals surface area contributed by atoms with Gasteiger partial charge in [-0.15, -0.1) is 0 Å². The SMILES string of the molecule is C=Cc1cccnc1OCC(F)(F)F. The van der Waals surface area contributed by atoms with Crippen LogP contribution in [0.15, 0.2) is 24.9 Å². The molecule has 1 aromatic rings. The summed E-state index contributed by atoms with van der Waals surface area (Å²) < 4.78 is 39.9. The number of nitrogens with zero attached hydrogens (tertiary/aromatic N) is 1. The molecular formula is C9H8F3NO. The van der Waals surface area contributed by atoms with Crippen molar-refractivity contribution in [3.8, 4) is 5.88 Å². The maximum absolute atomic E-state index is 11.8. The molecule has 1 heterocycles. The first kappa shape index (κ1) is 10.6. The lowest BCUT2D eigenvalue weighted by Crippen LogP contribution is -2.19. The highest BCUT2D eigenvalue weighted by Gasteiger charge is 2.28. The summed E-state index contributed by atoms with van der Waals surface area (Å²) >= 11 is 0. The van der Waals surface area contributed by atoms with Crippen LogP contribution >= 0.6 is 0 Å². The number of pyridine rings is 1. The molecule has 0 aliphatic heterocycles. The summed E-state index contributed by atoms with van der Waals surface area (Å²) in [6.45, 7) is 2.09. The molecule has 5 heteroatoms. The number of hydrogen-bond donors (Lipinski definition) is 0. The maximum Gasteiger partial charge on any atom is 0.422 e. The smallest absolute Gasteiger partial charge is 0.422 e. The molecule has 0 spiro atoms. The molecular weight excluding hydrogens is 195 g/mol. The minimum atomic E-state index is -4.35. The van der Waals surface area contributed by atoms with Gasteiger partial charge in [-0.25, -0.2) is 4.98 Å². The lowest BCUT2D eigenvalue weighted by Gasteiger charge is -2.09. The quantitative estimate of drug-likeness (QED) is 0.753. The Balaban J connectivity index is 2.71. The second kappa shape index (κ2) is 4.13. The lowest BCUT2D eigenvalue weighted by atomic mass is 10.3. The molecule has 0 atom stereocenters. The summed E-state index contributed by atoms with van der Waals surface area (Å²) in [5.74, 6) is -0.0557. The van der Waals surface area contributed by atoms with E-state index in [0.717, 1.165) is 0 Å². The van der Waals surface area contributed by atoms with Crippen LogP contribution in [0, 0.1) is 0 Å². The Morgan fingerprint density at radius 2 is 2.21 bits per heavy atom. The zero-order chi connectivity index (χ0) is 10.6. The van der Waals surface area contributed by atoms with Gasteiger partial charge in [0.1, 0.15) is 0 Å². The van der Waals surface area contributed by atoms with Crippen LogP contribution in [-0.4, -0.2) is 17.8 Å². The molecule has 1 rings (SSSR count). The number of rotatable bonds is 3. The van der Waals surface area contributed by atoms with Gasteiger partial charge in [-0.1, -0.05) is 12.7 Å². The Hall–Kier alpha value is -1.52. The fraction of sp³-hybridized carbons (Fsp3) is 0.222. The van der Waals surface area contributed by atoms with Gasteiger partial charge in [-0.05, 0) is 12.1 Å². The second-order valence-corrected chi connectivity index (χ2v) is 2.51. The lowest BCUT2D eigenvalue weighted by molar-refractivity contribution is -0.154. The van der Waals surface area contributed by atoms with E-state index in [1.807, 2.05) is 0 Å². The van der Waals surface area contributed by atoms with Crippen molar-refractivity contribution in [3.63, 3.8) is 0 Å². The van der Waals surface area contributed by atoms with Crippen molar-refractivity contribution < 1.29 is 17.9 Å². The zero-order valence-corrected chi connectivity index (χ0v) is 7.21. The van der Waals surface area contributed by atoms with Crippen LogP contribution < -0.4 is 4.74 Å². The van der Waals surface area contributed by atoms with Crippen LogP contribution in [0.3, 0.4) is 0 Å². The molecule has 0 bridgehead atoms. The van der Waals surface area contributed by atoms with Crippen molar-refractivity contribution in [2.45, 2.75) is 6.18 Å². The van der Waals surface area contributed by atoms with Crippen LogP contribution in [0.5, 0.6) is 5.88 Å². The average molecular weight is 203 g/mol. The van der Waals surface area contributed by atoms with E-state index in [1.165, 1.54) is 12.3 Å². The summed E-state index contributed by atoms with van der Waals surface area (Å²) in [4.78, 5) is 3.66. The van der Waals surface area contributed by atoms with Gasteiger partial charge in [0.15, 0.2) is 6.61 Å². The molecule has 0 N–H and O–H groups in total. The first-order valence-electron chi connectivity index (χ1n) is 3.80. The number of ether oxygens (including phenoxy) is 1. The van der Waals surface area contributed by atoms with Gasteiger partial charge in [-0.2, -0.15) is 13.2 Å². The van der Waals surface area contributed by atoms with Crippen LogP contribution in [0.2, 0.25) is 0 Å². The second-order valence-electron chi connectivity index (χ2n) is 2.51. The number of aromatic nitrogens is 1. The van der Waals surface area contributed by atoms with E-state index in [1.54, 1.807) is 12.1 Å². The van der Waals surface area contributed by atoms with Crippen molar-refractivity contribution in [2.75, 3.05) is 6.61 Å². The molecule has 1 aromatic heterocycles. The van der Waals surface area contributed by atoms with Gasteiger partial charge >= 0.3 is 6.18 Å². The van der Waals surface area contributed by atoms with E-state index in [4.69, 9.17) is 0 Å². The van der Waals surface area contributed by atoms with Crippen LogP contribution in [0.4, 0.5) is 13.2 Å². The predicted molar refractivity (Wildman–Crippen MR) is 45.9 cm³/mol. The molecule has 76 valence electrons. The number of hydrogen-bond acceptors (Lipinski definition) is 2. The number of alkyl halides is 3. The van der Waals surface area contributed by atoms with Gasteiger partial charge in [0.2, 0.25) is 5.88 Å². The van der Waals surface area contributed by atoms with Crippen molar-refractivity contribution in [1.82, 2.24) is 4.98 Å². The van der Waals surface area contributed by atoms with E-state index in [-0.39, 0.29) is 5.88 Å². The molecule has 0 saturated heterocycles. The normalized spacial score (nSPS) is 11.1. The Kier molecular flexibility index (Phi) is 3.11. The topological polar surface area (TPSA) is 22.1 Å². The van der Waals surface area contributed by atoms with Crippen molar-refractivity contribution in [2.24, 2.45) is 0 Å². The molecule has 0 aromatic carbocycles. The standard InChI is InChI=1S/C9H8F3NO/c1-2-7-4-3-5-13-8(7)14-6-9(10,11)12/h2-5H,1,6H2. The van der Waals surface area contributed by atoms with Crippen LogP contribution in [-0.2, 0) is 0 Å². The first-order chi connectivity index (χ1) is 6.53. The molecule has 0 amide bonds. The molecule has 0 aliphatic carbocycles. The Morgan fingerprint density at radius 3 is 2.79 bits per heavy atom. The minimum Gasteiger partial charge on any atom is -0.468 e. The van der Waals surface area contributed by atoms with Crippen LogP contribution in [0.1, 0.15) is 5.56 Å². The van der Waals surface area contributed by atoms with Crippen molar-refractivity contribution >= 4 is 6.08 Å². The highest BCUT2D eigenvalue weighted by atomic mass is 19.4. The largest absolute Gasteiger partial charge is 0.468 e. The van der Waals surface area contributed by atoms with Crippen LogP contribution in [0.25, 0.3) is 6.08 Å². The molecule has 0 radical (unpaired) electrons. The van der Waals surface area contributed by atoms with Gasteiger partial charge in [0.05, 0.1) is 0 Å². The average Bonchev–Trinajstić information content (AvgIpc) is 2.14. The summed E-state index contributed by atoms with van der Waals surface area (Å²) in [6.07, 6.45) is -1.60.